The quantitative estimate of drug-likeness (QED) is 0.492. The Morgan fingerprint density at radius 1 is 1.00 bits per heavy atom. The van der Waals surface area contributed by atoms with E-state index in [1.807, 2.05) is 24.3 Å². The topological polar surface area (TPSA) is 79.1 Å². The Morgan fingerprint density at radius 2 is 1.69 bits per heavy atom. The maximum atomic E-state index is 13.4. The Kier molecular flexibility index (Phi) is 7.77. The molecule has 2 amide bonds. The van der Waals surface area contributed by atoms with Crippen LogP contribution in [0.3, 0.4) is 0 Å². The molecule has 0 spiro atoms. The first-order valence-electron chi connectivity index (χ1n) is 11.5. The summed E-state index contributed by atoms with van der Waals surface area (Å²) in [7, 11) is 1.63. The van der Waals surface area contributed by atoms with Crippen molar-refractivity contribution in [2.75, 3.05) is 33.3 Å². The predicted molar refractivity (Wildman–Crippen MR) is 127 cm³/mol. The summed E-state index contributed by atoms with van der Waals surface area (Å²) in [5.74, 6) is 0.700. The molecule has 0 N–H and O–H groups in total. The van der Waals surface area contributed by atoms with Gasteiger partial charge in [-0.25, -0.2) is 9.37 Å². The molecule has 2 aromatic carbocycles. The fraction of sp³-hybridized carbons (Fsp3) is 0.346. The highest BCUT2D eigenvalue weighted by Gasteiger charge is 2.25. The van der Waals surface area contributed by atoms with Gasteiger partial charge < -0.3 is 19.0 Å². The van der Waals surface area contributed by atoms with E-state index in [9.17, 15) is 14.0 Å². The van der Waals surface area contributed by atoms with Crippen molar-refractivity contribution in [1.82, 2.24) is 19.7 Å². The van der Waals surface area contributed by atoms with Gasteiger partial charge in [0.2, 0.25) is 11.8 Å². The summed E-state index contributed by atoms with van der Waals surface area (Å²) in [5.41, 5.74) is 2.23. The summed E-state index contributed by atoms with van der Waals surface area (Å²) in [4.78, 5) is 34.4. The number of hydrogen-bond donors (Lipinski definition) is 0. The number of nitrogens with zero attached hydrogens (tertiary/aromatic N) is 4. The maximum Gasteiger partial charge on any atom is 0.275 e. The van der Waals surface area contributed by atoms with Crippen LogP contribution >= 0.6 is 0 Å². The van der Waals surface area contributed by atoms with Gasteiger partial charge in [0.25, 0.3) is 5.91 Å². The van der Waals surface area contributed by atoms with Crippen LogP contribution in [0.1, 0.15) is 34.4 Å². The first-order valence-corrected chi connectivity index (χ1v) is 11.5. The molecule has 184 valence electrons. The standard InChI is InChI=1S/C26H29FN4O4/c1-19(32)30-10-12-31(13-11-30)26(33)24-18-35-25(28-24)17-29(15-20-6-8-22(27)9-7-20)16-21-4-3-5-23(14-21)34-2/h3-9,14,18H,10-13,15-17H2,1-2H3. The molecule has 4 rings (SSSR count). The molecular formula is C26H29FN4O4. The highest BCUT2D eigenvalue weighted by atomic mass is 19.1. The number of oxazole rings is 1. The average Bonchev–Trinajstić information content (AvgIpc) is 3.33. The largest absolute Gasteiger partial charge is 0.497 e. The molecule has 1 fully saturated rings. The van der Waals surface area contributed by atoms with Crippen LogP contribution in [0.25, 0.3) is 0 Å². The second-order valence-electron chi connectivity index (χ2n) is 8.55. The zero-order valence-electron chi connectivity index (χ0n) is 19.9. The second kappa shape index (κ2) is 11.1. The van der Waals surface area contributed by atoms with Crippen LogP contribution in [0.5, 0.6) is 5.75 Å². The number of benzene rings is 2. The Morgan fingerprint density at radius 3 is 2.37 bits per heavy atom. The third-order valence-corrected chi connectivity index (χ3v) is 6.00. The van der Waals surface area contributed by atoms with Crippen LogP contribution < -0.4 is 4.74 Å². The minimum absolute atomic E-state index is 0.0121. The lowest BCUT2D eigenvalue weighted by Crippen LogP contribution is -2.50. The molecule has 2 heterocycles. The lowest BCUT2D eigenvalue weighted by atomic mass is 10.1. The third-order valence-electron chi connectivity index (χ3n) is 6.00. The molecule has 0 radical (unpaired) electrons. The van der Waals surface area contributed by atoms with Gasteiger partial charge in [-0.05, 0) is 35.4 Å². The first kappa shape index (κ1) is 24.4. The average molecular weight is 481 g/mol. The number of carbonyl (C=O) groups excluding carboxylic acids is 2. The van der Waals surface area contributed by atoms with Gasteiger partial charge in [-0.2, -0.15) is 0 Å². The van der Waals surface area contributed by atoms with Crippen molar-refractivity contribution in [2.24, 2.45) is 0 Å². The van der Waals surface area contributed by atoms with E-state index in [1.54, 1.807) is 29.0 Å². The fourth-order valence-electron chi connectivity index (χ4n) is 4.10. The minimum Gasteiger partial charge on any atom is -0.497 e. The van der Waals surface area contributed by atoms with Crippen LogP contribution in [-0.4, -0.2) is 64.8 Å². The Balaban J connectivity index is 1.46. The van der Waals surface area contributed by atoms with Gasteiger partial charge in [0.05, 0.1) is 13.7 Å². The highest BCUT2D eigenvalue weighted by Crippen LogP contribution is 2.19. The minimum atomic E-state index is -0.284. The summed E-state index contributed by atoms with van der Waals surface area (Å²) >= 11 is 0. The van der Waals surface area contributed by atoms with Crippen molar-refractivity contribution in [3.05, 3.63) is 83.3 Å². The van der Waals surface area contributed by atoms with Crippen LogP contribution in [0.2, 0.25) is 0 Å². The van der Waals surface area contributed by atoms with E-state index in [0.29, 0.717) is 51.7 Å². The van der Waals surface area contributed by atoms with E-state index in [2.05, 4.69) is 9.88 Å². The zero-order valence-corrected chi connectivity index (χ0v) is 19.9. The fourth-order valence-corrected chi connectivity index (χ4v) is 4.10. The van der Waals surface area contributed by atoms with E-state index in [0.717, 1.165) is 16.9 Å². The highest BCUT2D eigenvalue weighted by molar-refractivity contribution is 5.92. The van der Waals surface area contributed by atoms with Gasteiger partial charge in [-0.3, -0.25) is 14.5 Å². The Labute approximate surface area is 203 Å². The molecule has 1 aliphatic heterocycles. The zero-order chi connectivity index (χ0) is 24.8. The van der Waals surface area contributed by atoms with Crippen LogP contribution in [0.4, 0.5) is 4.39 Å². The number of methoxy groups -OCH3 is 1. The van der Waals surface area contributed by atoms with Crippen molar-refractivity contribution in [3.8, 4) is 5.75 Å². The second-order valence-corrected chi connectivity index (χ2v) is 8.55. The monoisotopic (exact) mass is 480 g/mol. The summed E-state index contributed by atoms with van der Waals surface area (Å²) < 4.78 is 24.4. The molecule has 1 aromatic heterocycles. The summed E-state index contributed by atoms with van der Waals surface area (Å²) in [5, 5.41) is 0. The van der Waals surface area contributed by atoms with E-state index in [4.69, 9.17) is 9.15 Å². The SMILES string of the molecule is COc1cccc(CN(Cc2ccc(F)cc2)Cc2nc(C(=O)N3CCN(C(C)=O)CC3)co2)c1. The molecule has 0 saturated carbocycles. The van der Waals surface area contributed by atoms with Crippen LogP contribution in [0.15, 0.2) is 59.2 Å². The molecule has 8 nitrogen and oxygen atoms in total. The van der Waals surface area contributed by atoms with Gasteiger partial charge in [-0.1, -0.05) is 24.3 Å². The molecule has 0 atom stereocenters. The number of aromatic nitrogens is 1. The van der Waals surface area contributed by atoms with Gasteiger partial charge in [0, 0.05) is 46.2 Å². The number of amides is 2. The molecule has 0 unspecified atom stereocenters. The van der Waals surface area contributed by atoms with Crippen molar-refractivity contribution in [3.63, 3.8) is 0 Å². The first-order chi connectivity index (χ1) is 16.9. The molecule has 0 bridgehead atoms. The summed E-state index contributed by atoms with van der Waals surface area (Å²) in [6.45, 7) is 4.96. The van der Waals surface area contributed by atoms with Crippen molar-refractivity contribution >= 4 is 11.8 Å². The Bertz CT molecular complexity index is 1160. The molecule has 0 aliphatic carbocycles. The van der Waals surface area contributed by atoms with E-state index in [1.165, 1.54) is 25.3 Å². The molecule has 35 heavy (non-hydrogen) atoms. The number of halogens is 1. The van der Waals surface area contributed by atoms with Crippen molar-refractivity contribution < 1.29 is 23.1 Å². The normalized spacial score (nSPS) is 13.8. The number of carbonyl (C=O) groups is 2. The van der Waals surface area contributed by atoms with Gasteiger partial charge in [0.15, 0.2) is 5.69 Å². The number of hydrogen-bond acceptors (Lipinski definition) is 6. The predicted octanol–water partition coefficient (Wildman–Crippen LogP) is 3.33. The summed E-state index contributed by atoms with van der Waals surface area (Å²) in [6, 6.07) is 14.2. The lowest BCUT2D eigenvalue weighted by molar-refractivity contribution is -0.130. The number of ether oxygens (including phenoxy) is 1. The molecule has 1 aliphatic rings. The third kappa shape index (κ3) is 6.45. The van der Waals surface area contributed by atoms with E-state index in [-0.39, 0.29) is 23.3 Å². The van der Waals surface area contributed by atoms with Gasteiger partial charge in [-0.15, -0.1) is 0 Å². The number of piperazine rings is 1. The Hall–Kier alpha value is -3.72. The molecule has 3 aromatic rings. The maximum absolute atomic E-state index is 13.4. The lowest BCUT2D eigenvalue weighted by Gasteiger charge is -2.33. The van der Waals surface area contributed by atoms with Gasteiger partial charge in [0.1, 0.15) is 17.8 Å². The summed E-state index contributed by atoms with van der Waals surface area (Å²) in [6.07, 6.45) is 1.39. The van der Waals surface area contributed by atoms with Crippen LogP contribution in [0, 0.1) is 5.82 Å². The van der Waals surface area contributed by atoms with E-state index < -0.39 is 0 Å². The van der Waals surface area contributed by atoms with Crippen molar-refractivity contribution in [1.29, 1.82) is 0 Å². The van der Waals surface area contributed by atoms with E-state index >= 15 is 0 Å². The molecule has 1 saturated heterocycles. The van der Waals surface area contributed by atoms with Gasteiger partial charge >= 0.3 is 0 Å². The molecule has 9 heteroatoms. The number of rotatable bonds is 8. The van der Waals surface area contributed by atoms with Crippen molar-refractivity contribution in [2.45, 2.75) is 26.6 Å². The van der Waals surface area contributed by atoms with Crippen LogP contribution in [-0.2, 0) is 24.4 Å². The smallest absolute Gasteiger partial charge is 0.275 e. The molecular weight excluding hydrogens is 451 g/mol.